The van der Waals surface area contributed by atoms with Crippen molar-refractivity contribution in [2.45, 2.75) is 45.3 Å². The molecule has 0 aliphatic heterocycles. The molecule has 0 atom stereocenters. The molecule has 22 heavy (non-hydrogen) atoms. The van der Waals surface area contributed by atoms with Crippen molar-refractivity contribution in [2.75, 3.05) is 0 Å². The summed E-state index contributed by atoms with van der Waals surface area (Å²) in [6.07, 6.45) is 2.48. The minimum atomic E-state index is -1.81. The third-order valence-electron chi connectivity index (χ3n) is 4.31. The maximum atomic E-state index is 6.37. The number of rotatable bonds is 4. The van der Waals surface area contributed by atoms with Crippen LogP contribution in [0.3, 0.4) is 0 Å². The van der Waals surface area contributed by atoms with Gasteiger partial charge >= 0.3 is 0 Å². The van der Waals surface area contributed by atoms with E-state index in [1.165, 1.54) is 5.56 Å². The van der Waals surface area contributed by atoms with Crippen molar-refractivity contribution in [3.8, 4) is 5.75 Å². The highest BCUT2D eigenvalue weighted by Gasteiger charge is 2.38. The predicted molar refractivity (Wildman–Crippen MR) is 96.3 cm³/mol. The fraction of sp³-hybridized carbons (Fsp3) is 0.389. The Morgan fingerprint density at radius 1 is 1.14 bits per heavy atom. The molecule has 0 saturated heterocycles. The molecule has 0 unspecified atom stereocenters. The van der Waals surface area contributed by atoms with Gasteiger partial charge in [-0.15, -0.1) is 0 Å². The van der Waals surface area contributed by atoms with E-state index < -0.39 is 8.32 Å². The summed E-state index contributed by atoms with van der Waals surface area (Å²) in [5.41, 5.74) is 2.22. The lowest BCUT2D eigenvalue weighted by Crippen LogP contribution is -2.43. The van der Waals surface area contributed by atoms with E-state index >= 15 is 0 Å². The Kier molecular flexibility index (Phi) is 4.98. The summed E-state index contributed by atoms with van der Waals surface area (Å²) in [4.78, 5) is 4.13. The molecule has 0 bridgehead atoms. The third kappa shape index (κ3) is 4.11. The van der Waals surface area contributed by atoms with Crippen molar-refractivity contribution >= 4 is 19.9 Å². The second-order valence-electron chi connectivity index (χ2n) is 7.14. The van der Waals surface area contributed by atoms with E-state index in [2.05, 4.69) is 51.0 Å². The topological polar surface area (TPSA) is 22.1 Å². The molecule has 4 heteroatoms. The molecular formula is C18H24ClNOSi. The molecule has 2 aromatic rings. The number of nitrogens with zero attached hydrogens (tertiary/aromatic N) is 1. The molecular weight excluding hydrogens is 310 g/mol. The van der Waals surface area contributed by atoms with Crippen LogP contribution in [0, 0.1) is 0 Å². The maximum absolute atomic E-state index is 6.37. The molecule has 0 N–H and O–H groups in total. The minimum Gasteiger partial charge on any atom is -0.543 e. The van der Waals surface area contributed by atoms with Crippen molar-refractivity contribution < 1.29 is 4.43 Å². The quantitative estimate of drug-likeness (QED) is 0.528. The monoisotopic (exact) mass is 333 g/mol. The lowest BCUT2D eigenvalue weighted by molar-refractivity contribution is 0.492. The first-order valence-electron chi connectivity index (χ1n) is 7.56. The van der Waals surface area contributed by atoms with Gasteiger partial charge in [-0.05, 0) is 47.5 Å². The average Bonchev–Trinajstić information content (AvgIpc) is 2.40. The summed E-state index contributed by atoms with van der Waals surface area (Å²) in [5.74, 6) is 0.948. The Morgan fingerprint density at radius 3 is 2.50 bits per heavy atom. The maximum Gasteiger partial charge on any atom is 0.250 e. The smallest absolute Gasteiger partial charge is 0.250 e. The molecule has 118 valence electrons. The van der Waals surface area contributed by atoms with Gasteiger partial charge in [-0.25, -0.2) is 4.98 Å². The van der Waals surface area contributed by atoms with E-state index in [9.17, 15) is 0 Å². The van der Waals surface area contributed by atoms with E-state index in [0.29, 0.717) is 5.15 Å². The van der Waals surface area contributed by atoms with Crippen LogP contribution in [-0.2, 0) is 6.42 Å². The van der Waals surface area contributed by atoms with Crippen molar-refractivity contribution in [1.29, 1.82) is 0 Å². The first kappa shape index (κ1) is 17.0. The molecule has 1 aromatic heterocycles. The van der Waals surface area contributed by atoms with Gasteiger partial charge in [0.05, 0.1) is 0 Å². The van der Waals surface area contributed by atoms with Gasteiger partial charge in [0.15, 0.2) is 0 Å². The molecule has 0 amide bonds. The van der Waals surface area contributed by atoms with E-state index in [1.54, 1.807) is 6.20 Å². The Balaban J connectivity index is 2.19. The van der Waals surface area contributed by atoms with Crippen molar-refractivity contribution in [3.63, 3.8) is 0 Å². The summed E-state index contributed by atoms with van der Waals surface area (Å²) in [6, 6.07) is 12.2. The van der Waals surface area contributed by atoms with Crippen molar-refractivity contribution in [2.24, 2.45) is 0 Å². The zero-order chi connectivity index (χ0) is 16.4. The standard InChI is InChI=1S/C18H24ClNOSi/c1-18(2,3)22(4,5)21-16-10-6-8-14(13-16)12-15-9-7-11-20-17(15)19/h6-11,13H,12H2,1-5H3. The van der Waals surface area contributed by atoms with Gasteiger partial charge in [0.2, 0.25) is 8.32 Å². The van der Waals surface area contributed by atoms with Gasteiger partial charge in [-0.1, -0.05) is 50.6 Å². The highest BCUT2D eigenvalue weighted by molar-refractivity contribution is 6.74. The van der Waals surface area contributed by atoms with Crippen LogP contribution in [0.15, 0.2) is 42.6 Å². The van der Waals surface area contributed by atoms with Gasteiger partial charge < -0.3 is 4.43 Å². The molecule has 0 aliphatic carbocycles. The van der Waals surface area contributed by atoms with E-state index in [0.717, 1.165) is 17.7 Å². The summed E-state index contributed by atoms with van der Waals surface area (Å²) >= 11 is 6.14. The molecule has 2 nitrogen and oxygen atoms in total. The number of hydrogen-bond donors (Lipinski definition) is 0. The largest absolute Gasteiger partial charge is 0.543 e. The van der Waals surface area contributed by atoms with Crippen molar-refractivity contribution in [3.05, 3.63) is 58.9 Å². The van der Waals surface area contributed by atoms with Gasteiger partial charge in [-0.2, -0.15) is 0 Å². The molecule has 0 fully saturated rings. The number of hydrogen-bond acceptors (Lipinski definition) is 2. The van der Waals surface area contributed by atoms with Crippen LogP contribution >= 0.6 is 11.6 Å². The van der Waals surface area contributed by atoms with Crippen molar-refractivity contribution in [1.82, 2.24) is 4.98 Å². The number of benzene rings is 1. The van der Waals surface area contributed by atoms with Crippen LogP contribution in [0.1, 0.15) is 31.9 Å². The van der Waals surface area contributed by atoms with Crippen LogP contribution < -0.4 is 4.43 Å². The van der Waals surface area contributed by atoms with E-state index in [-0.39, 0.29) is 5.04 Å². The molecule has 1 heterocycles. The SMILES string of the molecule is CC(C)(C)[Si](C)(C)Oc1cccc(Cc2cccnc2Cl)c1. The fourth-order valence-corrected chi connectivity index (χ4v) is 3.15. The zero-order valence-electron chi connectivity index (χ0n) is 14.0. The number of halogens is 1. The van der Waals surface area contributed by atoms with Crippen LogP contribution in [0.25, 0.3) is 0 Å². The third-order valence-corrected chi connectivity index (χ3v) is 9.01. The number of aromatic nitrogens is 1. The van der Waals surface area contributed by atoms with Crippen LogP contribution in [-0.4, -0.2) is 13.3 Å². The Hall–Kier alpha value is -1.32. The Morgan fingerprint density at radius 2 is 1.86 bits per heavy atom. The predicted octanol–water partition coefficient (Wildman–Crippen LogP) is 5.71. The molecule has 1 aromatic carbocycles. The molecule has 0 spiro atoms. The summed E-state index contributed by atoms with van der Waals surface area (Å²) in [6.45, 7) is 11.3. The van der Waals surface area contributed by atoms with Crippen LogP contribution in [0.5, 0.6) is 5.75 Å². The first-order chi connectivity index (χ1) is 10.2. The highest BCUT2D eigenvalue weighted by atomic mass is 35.5. The van der Waals surface area contributed by atoms with Gasteiger partial charge in [0, 0.05) is 12.6 Å². The zero-order valence-corrected chi connectivity index (χ0v) is 15.7. The lowest BCUT2D eigenvalue weighted by atomic mass is 10.1. The minimum absolute atomic E-state index is 0.190. The second kappa shape index (κ2) is 6.43. The Labute approximate surface area is 139 Å². The van der Waals surface area contributed by atoms with E-state index in [1.807, 2.05) is 24.3 Å². The fourth-order valence-electron chi connectivity index (χ4n) is 1.94. The molecule has 0 aliphatic rings. The normalized spacial score (nSPS) is 12.3. The summed E-state index contributed by atoms with van der Waals surface area (Å²) in [5, 5.41) is 0.758. The Bertz CT molecular complexity index is 650. The molecule has 2 rings (SSSR count). The summed E-state index contributed by atoms with van der Waals surface area (Å²) < 4.78 is 6.37. The van der Waals surface area contributed by atoms with Crippen LogP contribution in [0.2, 0.25) is 23.3 Å². The highest BCUT2D eigenvalue weighted by Crippen LogP contribution is 2.37. The van der Waals surface area contributed by atoms with E-state index in [4.69, 9.17) is 16.0 Å². The van der Waals surface area contributed by atoms with Gasteiger partial charge in [-0.3, -0.25) is 0 Å². The van der Waals surface area contributed by atoms with Gasteiger partial charge in [0.25, 0.3) is 0 Å². The second-order valence-corrected chi connectivity index (χ2v) is 12.2. The summed E-state index contributed by atoms with van der Waals surface area (Å²) in [7, 11) is -1.81. The lowest BCUT2D eigenvalue weighted by Gasteiger charge is -2.36. The molecule has 0 radical (unpaired) electrons. The molecule has 0 saturated carbocycles. The van der Waals surface area contributed by atoms with Gasteiger partial charge in [0.1, 0.15) is 10.9 Å². The van der Waals surface area contributed by atoms with Crippen LogP contribution in [0.4, 0.5) is 0 Å². The average molecular weight is 334 g/mol. The number of pyridine rings is 1. The first-order valence-corrected chi connectivity index (χ1v) is 10.8.